The van der Waals surface area contributed by atoms with Gasteiger partial charge in [0.1, 0.15) is 0 Å². The molecule has 0 spiro atoms. The van der Waals surface area contributed by atoms with Crippen molar-refractivity contribution >= 4 is 12.0 Å². The molecule has 1 aromatic rings. The van der Waals surface area contributed by atoms with Gasteiger partial charge in [-0.1, -0.05) is 23.8 Å². The number of aryl methyl sites for hydroxylation is 2. The summed E-state index contributed by atoms with van der Waals surface area (Å²) in [6, 6.07) is 6.23. The molecule has 1 saturated heterocycles. The molecule has 0 aliphatic carbocycles. The molecule has 1 fully saturated rings. The molecule has 2 rings (SSSR count). The van der Waals surface area contributed by atoms with E-state index in [0.29, 0.717) is 6.54 Å². The Kier molecular flexibility index (Phi) is 5.97. The summed E-state index contributed by atoms with van der Waals surface area (Å²) in [6.07, 6.45) is 3.50. The number of nitrogens with zero attached hydrogens (tertiary/aromatic N) is 1. The number of nitrogens with one attached hydrogen (secondary N) is 1. The van der Waals surface area contributed by atoms with E-state index in [2.05, 4.69) is 50.0 Å². The van der Waals surface area contributed by atoms with Crippen LogP contribution in [-0.4, -0.2) is 49.2 Å². The zero-order chi connectivity index (χ0) is 16.9. The maximum Gasteiger partial charge on any atom is 0.244 e. The van der Waals surface area contributed by atoms with Gasteiger partial charge in [0.25, 0.3) is 0 Å². The summed E-state index contributed by atoms with van der Waals surface area (Å²) < 4.78 is 5.39. The Morgan fingerprint density at radius 1 is 1.30 bits per heavy atom. The van der Waals surface area contributed by atoms with Crippen LogP contribution in [0.4, 0.5) is 0 Å². The van der Waals surface area contributed by atoms with Crippen LogP contribution in [0.5, 0.6) is 0 Å². The number of morpholine rings is 1. The van der Waals surface area contributed by atoms with E-state index in [1.807, 2.05) is 12.1 Å². The van der Waals surface area contributed by atoms with Crippen molar-refractivity contribution in [1.29, 1.82) is 0 Å². The highest BCUT2D eigenvalue weighted by Gasteiger charge is 2.28. The second kappa shape index (κ2) is 7.75. The Hall–Kier alpha value is -1.65. The fourth-order valence-corrected chi connectivity index (χ4v) is 2.82. The summed E-state index contributed by atoms with van der Waals surface area (Å²) in [6.45, 7) is 12.4. The highest BCUT2D eigenvalue weighted by molar-refractivity contribution is 5.91. The summed E-state index contributed by atoms with van der Waals surface area (Å²) >= 11 is 0. The first-order chi connectivity index (χ1) is 10.9. The molecule has 1 aliphatic heterocycles. The molecule has 0 bridgehead atoms. The molecule has 126 valence electrons. The van der Waals surface area contributed by atoms with Gasteiger partial charge in [0.15, 0.2) is 0 Å². The van der Waals surface area contributed by atoms with Crippen LogP contribution in [-0.2, 0) is 9.53 Å². The molecule has 0 atom stereocenters. The van der Waals surface area contributed by atoms with Crippen molar-refractivity contribution in [3.8, 4) is 0 Å². The molecule has 1 heterocycles. The highest BCUT2D eigenvalue weighted by atomic mass is 16.5. The maximum absolute atomic E-state index is 12.1. The number of amides is 1. The third-order valence-corrected chi connectivity index (χ3v) is 4.40. The maximum atomic E-state index is 12.1. The fraction of sp³-hybridized carbons (Fsp3) is 0.526. The number of hydrogen-bond acceptors (Lipinski definition) is 3. The second-order valence-corrected chi connectivity index (χ2v) is 6.82. The third kappa shape index (κ3) is 5.19. The number of carbonyl (C=O) groups is 1. The van der Waals surface area contributed by atoms with Gasteiger partial charge in [0.2, 0.25) is 5.91 Å². The number of hydrogen-bond donors (Lipinski definition) is 1. The Morgan fingerprint density at radius 2 is 2.00 bits per heavy atom. The van der Waals surface area contributed by atoms with E-state index in [9.17, 15) is 4.79 Å². The summed E-state index contributed by atoms with van der Waals surface area (Å²) in [4.78, 5) is 14.4. The van der Waals surface area contributed by atoms with E-state index in [0.717, 1.165) is 31.9 Å². The van der Waals surface area contributed by atoms with Crippen LogP contribution in [0.2, 0.25) is 0 Å². The number of benzene rings is 1. The average molecular weight is 316 g/mol. The first-order valence-electron chi connectivity index (χ1n) is 8.24. The topological polar surface area (TPSA) is 41.6 Å². The predicted molar refractivity (Wildman–Crippen MR) is 94.4 cm³/mol. The Bertz CT molecular complexity index is 573. The molecule has 1 N–H and O–H groups in total. The molecular weight excluding hydrogens is 288 g/mol. The van der Waals surface area contributed by atoms with Crippen molar-refractivity contribution < 1.29 is 9.53 Å². The van der Waals surface area contributed by atoms with Gasteiger partial charge in [-0.05, 0) is 44.9 Å². The lowest BCUT2D eigenvalue weighted by Crippen LogP contribution is -2.55. The van der Waals surface area contributed by atoms with E-state index in [1.165, 1.54) is 11.1 Å². The van der Waals surface area contributed by atoms with Gasteiger partial charge in [-0.2, -0.15) is 0 Å². The number of ether oxygens (including phenoxy) is 1. The Balaban J connectivity index is 1.87. The van der Waals surface area contributed by atoms with Crippen molar-refractivity contribution in [2.45, 2.75) is 33.2 Å². The predicted octanol–water partition coefficient (Wildman–Crippen LogP) is 2.54. The van der Waals surface area contributed by atoms with Gasteiger partial charge >= 0.3 is 0 Å². The van der Waals surface area contributed by atoms with E-state index < -0.39 is 0 Å². The number of rotatable bonds is 5. The van der Waals surface area contributed by atoms with Crippen molar-refractivity contribution in [1.82, 2.24) is 10.2 Å². The van der Waals surface area contributed by atoms with Crippen LogP contribution in [0, 0.1) is 13.8 Å². The van der Waals surface area contributed by atoms with E-state index in [1.54, 1.807) is 6.08 Å². The minimum absolute atomic E-state index is 0.0497. The van der Waals surface area contributed by atoms with Crippen molar-refractivity contribution in [2.24, 2.45) is 0 Å². The Morgan fingerprint density at radius 3 is 2.65 bits per heavy atom. The van der Waals surface area contributed by atoms with E-state index in [-0.39, 0.29) is 11.4 Å². The first-order valence-corrected chi connectivity index (χ1v) is 8.24. The van der Waals surface area contributed by atoms with E-state index in [4.69, 9.17) is 4.74 Å². The lowest BCUT2D eigenvalue weighted by molar-refractivity contribution is -0.117. The van der Waals surface area contributed by atoms with Crippen molar-refractivity contribution in [2.75, 3.05) is 32.8 Å². The van der Waals surface area contributed by atoms with Gasteiger partial charge in [-0.15, -0.1) is 0 Å². The fourth-order valence-electron chi connectivity index (χ4n) is 2.82. The molecule has 0 radical (unpaired) electrons. The first kappa shape index (κ1) is 17.7. The molecule has 0 unspecified atom stereocenters. The highest BCUT2D eigenvalue weighted by Crippen LogP contribution is 2.15. The molecule has 4 heteroatoms. The van der Waals surface area contributed by atoms with Crippen LogP contribution in [0.15, 0.2) is 24.3 Å². The Labute approximate surface area is 139 Å². The summed E-state index contributed by atoms with van der Waals surface area (Å²) in [5.41, 5.74) is 3.44. The second-order valence-electron chi connectivity index (χ2n) is 6.82. The molecule has 4 nitrogen and oxygen atoms in total. The van der Waals surface area contributed by atoms with Gasteiger partial charge in [-0.25, -0.2) is 0 Å². The minimum Gasteiger partial charge on any atom is -0.379 e. The smallest absolute Gasteiger partial charge is 0.244 e. The molecule has 1 aliphatic rings. The molecule has 23 heavy (non-hydrogen) atoms. The largest absolute Gasteiger partial charge is 0.379 e. The zero-order valence-electron chi connectivity index (χ0n) is 14.7. The molecule has 1 amide bonds. The van der Waals surface area contributed by atoms with Gasteiger partial charge in [0.05, 0.1) is 13.2 Å². The average Bonchev–Trinajstić information content (AvgIpc) is 2.53. The third-order valence-electron chi connectivity index (χ3n) is 4.40. The van der Waals surface area contributed by atoms with Gasteiger partial charge < -0.3 is 10.1 Å². The molecular formula is C19H28N2O2. The van der Waals surface area contributed by atoms with Crippen LogP contribution < -0.4 is 5.32 Å². The van der Waals surface area contributed by atoms with Crippen LogP contribution in [0.1, 0.15) is 30.5 Å². The monoisotopic (exact) mass is 316 g/mol. The van der Waals surface area contributed by atoms with Gasteiger partial charge in [0, 0.05) is 31.2 Å². The standard InChI is InChI=1S/C19H28N2O2/c1-15-5-6-17(16(2)13-15)7-8-18(22)20-14-19(3,4)21-9-11-23-12-10-21/h5-8,13H,9-12,14H2,1-4H3,(H,20,22)/b8-7+. The molecule has 0 aromatic heterocycles. The minimum atomic E-state index is -0.0624. The van der Waals surface area contributed by atoms with Crippen LogP contribution >= 0.6 is 0 Å². The van der Waals surface area contributed by atoms with E-state index >= 15 is 0 Å². The molecule has 0 saturated carbocycles. The zero-order valence-corrected chi connectivity index (χ0v) is 14.7. The summed E-state index contributed by atoms with van der Waals surface area (Å²) in [5, 5.41) is 3.01. The quantitative estimate of drug-likeness (QED) is 0.849. The van der Waals surface area contributed by atoms with Crippen LogP contribution in [0.3, 0.4) is 0 Å². The lowest BCUT2D eigenvalue weighted by Gasteiger charge is -2.40. The van der Waals surface area contributed by atoms with Crippen molar-refractivity contribution in [3.63, 3.8) is 0 Å². The lowest BCUT2D eigenvalue weighted by atomic mass is 10.0. The van der Waals surface area contributed by atoms with Crippen LogP contribution in [0.25, 0.3) is 6.08 Å². The van der Waals surface area contributed by atoms with Crippen molar-refractivity contribution in [3.05, 3.63) is 41.0 Å². The number of carbonyl (C=O) groups excluding carboxylic acids is 1. The van der Waals surface area contributed by atoms with Gasteiger partial charge in [-0.3, -0.25) is 9.69 Å². The molecule has 1 aromatic carbocycles. The summed E-state index contributed by atoms with van der Waals surface area (Å²) in [5.74, 6) is -0.0497. The SMILES string of the molecule is Cc1ccc(/C=C/C(=O)NCC(C)(C)N2CCOCC2)c(C)c1. The normalized spacial score (nSPS) is 16.7. The summed E-state index contributed by atoms with van der Waals surface area (Å²) in [7, 11) is 0.